The van der Waals surface area contributed by atoms with Gasteiger partial charge in [0.15, 0.2) is 13.2 Å². The van der Waals surface area contributed by atoms with Crippen molar-refractivity contribution in [2.45, 2.75) is 45.6 Å². The predicted molar refractivity (Wildman–Crippen MR) is 107 cm³/mol. The van der Waals surface area contributed by atoms with Gasteiger partial charge in [0, 0.05) is 23.9 Å². The van der Waals surface area contributed by atoms with E-state index in [-0.39, 0.29) is 12.2 Å². The molecule has 1 N–H and O–H groups in total. The van der Waals surface area contributed by atoms with Gasteiger partial charge in [0.25, 0.3) is 5.91 Å². The highest BCUT2D eigenvalue weighted by molar-refractivity contribution is 5.96. The number of nitrogens with zero attached hydrogens (tertiary/aromatic N) is 2. The average Bonchev–Trinajstić information content (AvgIpc) is 2.68. The molecule has 0 spiro atoms. The number of hydrogen-bond donors (Lipinski definition) is 1. The Kier molecular flexibility index (Phi) is 8.46. The molecule has 0 fully saturated rings. The zero-order chi connectivity index (χ0) is 25.7. The smallest absolute Gasteiger partial charge is 0.422 e. The number of carbonyl (C=O) groups excluding carboxylic acids is 2. The van der Waals surface area contributed by atoms with Gasteiger partial charge < -0.3 is 14.8 Å². The predicted octanol–water partition coefficient (Wildman–Crippen LogP) is 4.29. The monoisotopic (exact) mass is 493 g/mol. The highest BCUT2D eigenvalue weighted by Gasteiger charge is 2.31. The van der Waals surface area contributed by atoms with Gasteiger partial charge in [0.05, 0.1) is 6.04 Å². The summed E-state index contributed by atoms with van der Waals surface area (Å²) in [7, 11) is 0. The van der Waals surface area contributed by atoms with E-state index in [1.165, 1.54) is 6.92 Å². The fourth-order valence-corrected chi connectivity index (χ4v) is 2.81. The number of amides is 1. The molecule has 1 amide bonds. The van der Waals surface area contributed by atoms with E-state index >= 15 is 0 Å². The molecule has 2 aromatic rings. The number of hydrogen-bond acceptors (Lipinski definition) is 6. The fraction of sp³-hybridized carbons (Fsp3) is 0.429. The number of halogens is 6. The van der Waals surface area contributed by atoms with Crippen LogP contribution in [0.15, 0.2) is 24.3 Å². The van der Waals surface area contributed by atoms with Gasteiger partial charge in [0.1, 0.15) is 11.3 Å². The minimum Gasteiger partial charge on any atom is -0.468 e. The maximum atomic E-state index is 12.7. The number of alkyl halides is 6. The standard InChI is InChI=1S/C21H21F6N3O4/c1-11-6-14(8-15(28-11)7-12(2)31)13(3)29-18(32)16-4-5-17(33-9-20(22,23)24)30-19(16)34-10-21(25,26)27/h4-6,8,13H,7,9-10H2,1-3H3,(H,29,32). The van der Waals surface area contributed by atoms with Gasteiger partial charge in [0.2, 0.25) is 11.8 Å². The van der Waals surface area contributed by atoms with Gasteiger partial charge in [-0.2, -0.15) is 31.3 Å². The third-order valence-corrected chi connectivity index (χ3v) is 4.14. The minimum absolute atomic E-state index is 0.0775. The Labute approximate surface area is 190 Å². The largest absolute Gasteiger partial charge is 0.468 e. The van der Waals surface area contributed by atoms with Crippen molar-refractivity contribution in [2.24, 2.45) is 0 Å². The Morgan fingerprint density at radius 1 is 1.00 bits per heavy atom. The zero-order valence-corrected chi connectivity index (χ0v) is 18.3. The molecule has 0 saturated carbocycles. The summed E-state index contributed by atoms with van der Waals surface area (Å²) in [4.78, 5) is 31.9. The molecule has 0 aromatic carbocycles. The van der Waals surface area contributed by atoms with Gasteiger partial charge in [-0.3, -0.25) is 14.6 Å². The van der Waals surface area contributed by atoms with Crippen LogP contribution in [-0.2, 0) is 11.2 Å². The van der Waals surface area contributed by atoms with Gasteiger partial charge in [-0.1, -0.05) is 0 Å². The van der Waals surface area contributed by atoms with E-state index in [2.05, 4.69) is 24.8 Å². The Balaban J connectivity index is 2.27. The second-order valence-electron chi connectivity index (χ2n) is 7.42. The quantitative estimate of drug-likeness (QED) is 0.525. The van der Waals surface area contributed by atoms with Crippen LogP contribution >= 0.6 is 0 Å². The van der Waals surface area contributed by atoms with Crippen molar-refractivity contribution in [2.75, 3.05) is 13.2 Å². The molecule has 2 heterocycles. The summed E-state index contributed by atoms with van der Waals surface area (Å²) in [5.41, 5.74) is 1.20. The third kappa shape index (κ3) is 8.87. The number of ether oxygens (including phenoxy) is 2. The van der Waals surface area contributed by atoms with Crippen molar-refractivity contribution in [3.8, 4) is 11.8 Å². The van der Waals surface area contributed by atoms with Crippen LogP contribution in [0.25, 0.3) is 0 Å². The lowest BCUT2D eigenvalue weighted by atomic mass is 10.0. The van der Waals surface area contributed by atoms with Crippen molar-refractivity contribution in [3.63, 3.8) is 0 Å². The van der Waals surface area contributed by atoms with E-state index in [0.29, 0.717) is 17.0 Å². The average molecular weight is 493 g/mol. The maximum Gasteiger partial charge on any atom is 0.422 e. The number of aromatic nitrogens is 2. The molecule has 2 aromatic heterocycles. The maximum absolute atomic E-state index is 12.7. The number of rotatable bonds is 9. The van der Waals surface area contributed by atoms with E-state index in [9.17, 15) is 35.9 Å². The van der Waals surface area contributed by atoms with Crippen molar-refractivity contribution in [3.05, 3.63) is 46.8 Å². The first-order chi connectivity index (χ1) is 15.6. The highest BCUT2D eigenvalue weighted by Crippen LogP contribution is 2.26. The van der Waals surface area contributed by atoms with Crippen LogP contribution in [-0.4, -0.2) is 47.2 Å². The topological polar surface area (TPSA) is 90.4 Å². The van der Waals surface area contributed by atoms with Crippen molar-refractivity contribution in [1.29, 1.82) is 0 Å². The summed E-state index contributed by atoms with van der Waals surface area (Å²) in [6.45, 7) is 1.12. The first-order valence-corrected chi connectivity index (χ1v) is 9.81. The van der Waals surface area contributed by atoms with Crippen LogP contribution in [0.3, 0.4) is 0 Å². The fourth-order valence-electron chi connectivity index (χ4n) is 2.81. The number of ketones is 1. The Morgan fingerprint density at radius 3 is 2.21 bits per heavy atom. The van der Waals surface area contributed by atoms with Crippen molar-refractivity contribution in [1.82, 2.24) is 15.3 Å². The van der Waals surface area contributed by atoms with Crippen LogP contribution in [0.5, 0.6) is 11.8 Å². The number of Topliss-reactive ketones (excluding diaryl/α,β-unsaturated/α-hetero) is 1. The lowest BCUT2D eigenvalue weighted by Crippen LogP contribution is -2.28. The molecular weight excluding hydrogens is 472 g/mol. The summed E-state index contributed by atoms with van der Waals surface area (Å²) >= 11 is 0. The molecule has 0 aliphatic heterocycles. The molecule has 0 aliphatic carbocycles. The van der Waals surface area contributed by atoms with Crippen LogP contribution in [0.4, 0.5) is 26.3 Å². The third-order valence-electron chi connectivity index (χ3n) is 4.14. The molecule has 2 rings (SSSR count). The highest BCUT2D eigenvalue weighted by atomic mass is 19.4. The second-order valence-corrected chi connectivity index (χ2v) is 7.42. The molecule has 13 heteroatoms. The molecule has 1 unspecified atom stereocenters. The van der Waals surface area contributed by atoms with Crippen LogP contribution in [0.1, 0.15) is 47.2 Å². The van der Waals surface area contributed by atoms with E-state index in [1.54, 1.807) is 26.0 Å². The number of aryl methyl sites for hydroxylation is 1. The Morgan fingerprint density at radius 2 is 1.62 bits per heavy atom. The molecule has 0 saturated heterocycles. The number of pyridine rings is 2. The van der Waals surface area contributed by atoms with E-state index in [0.717, 1.165) is 12.1 Å². The summed E-state index contributed by atoms with van der Waals surface area (Å²) in [6.07, 6.45) is -9.41. The van der Waals surface area contributed by atoms with E-state index < -0.39 is 54.8 Å². The Bertz CT molecular complexity index is 1040. The minimum atomic E-state index is -4.78. The second kappa shape index (κ2) is 10.7. The Hall–Kier alpha value is -3.38. The van der Waals surface area contributed by atoms with E-state index in [4.69, 9.17) is 0 Å². The molecule has 186 valence electrons. The molecule has 0 radical (unpaired) electrons. The van der Waals surface area contributed by atoms with Gasteiger partial charge in [-0.25, -0.2) is 0 Å². The lowest BCUT2D eigenvalue weighted by molar-refractivity contribution is -0.155. The summed E-state index contributed by atoms with van der Waals surface area (Å²) < 4.78 is 83.9. The van der Waals surface area contributed by atoms with Gasteiger partial charge in [-0.05, 0) is 44.5 Å². The van der Waals surface area contributed by atoms with Crippen LogP contribution in [0.2, 0.25) is 0 Å². The van der Waals surface area contributed by atoms with Crippen molar-refractivity contribution < 1.29 is 45.4 Å². The summed E-state index contributed by atoms with van der Waals surface area (Å²) in [5.74, 6) is -2.52. The summed E-state index contributed by atoms with van der Waals surface area (Å²) in [6, 6.07) is 4.45. The first kappa shape index (κ1) is 26.9. The lowest BCUT2D eigenvalue weighted by Gasteiger charge is -2.18. The van der Waals surface area contributed by atoms with E-state index in [1.807, 2.05) is 0 Å². The summed E-state index contributed by atoms with van der Waals surface area (Å²) in [5, 5.41) is 2.56. The molecule has 1 atom stereocenters. The molecule has 34 heavy (non-hydrogen) atoms. The van der Waals surface area contributed by atoms with Crippen LogP contribution < -0.4 is 14.8 Å². The number of nitrogens with one attached hydrogen (secondary N) is 1. The molecule has 0 bridgehead atoms. The van der Waals surface area contributed by atoms with Crippen LogP contribution in [0, 0.1) is 6.92 Å². The first-order valence-electron chi connectivity index (χ1n) is 9.81. The number of carbonyl (C=O) groups is 2. The molecule has 0 aliphatic rings. The van der Waals surface area contributed by atoms with Crippen molar-refractivity contribution >= 4 is 11.7 Å². The van der Waals surface area contributed by atoms with Gasteiger partial charge >= 0.3 is 12.4 Å². The molecular formula is C21H21F6N3O4. The normalized spacial score (nSPS) is 12.7. The zero-order valence-electron chi connectivity index (χ0n) is 18.3. The SMILES string of the molecule is CC(=O)Cc1cc(C(C)NC(=O)c2ccc(OCC(F)(F)F)nc2OCC(F)(F)F)cc(C)n1. The molecule has 7 nitrogen and oxygen atoms in total. The van der Waals surface area contributed by atoms with Gasteiger partial charge in [-0.15, -0.1) is 0 Å².